The molecule has 2 fully saturated rings. The van der Waals surface area contributed by atoms with Crippen LogP contribution in [-0.4, -0.2) is 51.9 Å². The number of ether oxygens (including phenoxy) is 2. The number of rotatable bonds is 0. The number of benzene rings is 3. The van der Waals surface area contributed by atoms with E-state index in [0.717, 1.165) is 70.5 Å². The predicted octanol–water partition coefficient (Wildman–Crippen LogP) is 11.6. The smallest absolute Gasteiger partial charge is 0 e. The van der Waals surface area contributed by atoms with Gasteiger partial charge < -0.3 is 9.47 Å². The van der Waals surface area contributed by atoms with Crippen molar-refractivity contribution >= 4 is 48.4 Å². The molecule has 60 heavy (non-hydrogen) atoms. The standard InChI is InChI=1S/C36H48N2O2.2C4H8O.4CO.Al.Co/c1-33(2,3)25-17-23(31(39)27(19-25)35(7,8)9)21-37-29-15-13-14-16-30(29)38-22-24-18-26(34(4,5)6)20-28(32(24)40)36(10,11)12;2*1-2-4-5-3-1;4*1-2;;/h13-22,39-40H,1-12H3;2*1-4H2;;;;;;/q;;;;;;;+3;/p-2. The Kier molecular flexibility index (Phi) is 28.3. The Balaban J connectivity index is 0. The number of aromatic nitrogens is 2. The quantitative estimate of drug-likeness (QED) is 0.0974. The summed E-state index contributed by atoms with van der Waals surface area (Å²) in [5, 5.41) is 1.91. The van der Waals surface area contributed by atoms with E-state index in [0.29, 0.717) is 0 Å². The summed E-state index contributed by atoms with van der Waals surface area (Å²) in [7, 11) is 0. The zero-order chi connectivity index (χ0) is 45.5. The van der Waals surface area contributed by atoms with Crippen LogP contribution < -0.4 is 0 Å². The summed E-state index contributed by atoms with van der Waals surface area (Å²) in [6, 6.07) is 17.0. The van der Waals surface area contributed by atoms with E-state index in [9.17, 15) is 0 Å². The molecule has 4 aromatic rings. The SMILES string of the molecule is C1CCOC1.C1CCOC1.CC(C)(C)c1cc(C(C)(C)C)c2[o][Al+][o]c3c(C(C)(C)C)cc(C(C)(C)C)cc3cnc3ccccc3ncc2c1.[C-]#[O+].[C-]#[O+].[C-]#[O+].[C-]#[O+].[Co]. The molecule has 0 unspecified atom stereocenters. The number of nitrogens with zero attached hydrogens (tertiary/aromatic N) is 2. The van der Waals surface area contributed by atoms with Gasteiger partial charge in [0, 0.05) is 43.2 Å². The maximum Gasteiger partial charge on any atom is 0 e. The van der Waals surface area contributed by atoms with Crippen molar-refractivity contribution in [1.29, 1.82) is 0 Å². The Morgan fingerprint density at radius 3 is 1.02 bits per heavy atom. The molecule has 2 saturated heterocycles. The van der Waals surface area contributed by atoms with Crippen LogP contribution in [0, 0.1) is 26.6 Å². The van der Waals surface area contributed by atoms with E-state index in [4.69, 9.17) is 44.9 Å². The average molecular weight is 881 g/mol. The third-order valence-corrected chi connectivity index (χ3v) is 9.80. The van der Waals surface area contributed by atoms with Crippen LogP contribution in [0.1, 0.15) is 131 Å². The molecule has 0 atom stereocenters. The number of hydrogen-bond donors (Lipinski definition) is 0. The Hall–Kier alpha value is -3.48. The van der Waals surface area contributed by atoms with E-state index in [1.165, 1.54) is 36.8 Å². The summed E-state index contributed by atoms with van der Waals surface area (Å²) in [4.78, 5) is 9.92. The van der Waals surface area contributed by atoms with Crippen LogP contribution in [0.2, 0.25) is 0 Å². The molecule has 0 spiro atoms. The topological polar surface area (TPSA) is 150 Å². The zero-order valence-corrected chi connectivity index (χ0v) is 39.7. The van der Waals surface area contributed by atoms with Crippen molar-refractivity contribution in [3.05, 3.63) is 110 Å². The fraction of sp³-hybridized carbons (Fsp3) is 0.500. The Morgan fingerprint density at radius 1 is 0.483 bits per heavy atom. The molecule has 0 aliphatic carbocycles. The molecule has 323 valence electrons. The van der Waals surface area contributed by atoms with Crippen molar-refractivity contribution in [1.82, 2.24) is 9.97 Å². The van der Waals surface area contributed by atoms with E-state index in [2.05, 4.69) is 134 Å². The van der Waals surface area contributed by atoms with Crippen molar-refractivity contribution in [2.45, 2.75) is 130 Å². The van der Waals surface area contributed by atoms with E-state index >= 15 is 0 Å². The molecule has 0 saturated carbocycles. The number of fused-ring (bicyclic) bond motifs is 3. The van der Waals surface area contributed by atoms with Crippen LogP contribution >= 0.6 is 0 Å². The largest absolute Gasteiger partial charge is 0 e. The molecule has 2 aliphatic heterocycles. The fourth-order valence-electron chi connectivity index (χ4n) is 5.84. The third-order valence-electron chi connectivity index (χ3n) is 9.14. The molecule has 0 N–H and O–H groups in total. The van der Waals surface area contributed by atoms with Gasteiger partial charge in [-0.1, -0.05) is 0 Å². The van der Waals surface area contributed by atoms with Crippen molar-refractivity contribution in [3.63, 3.8) is 0 Å². The second kappa shape index (κ2) is 28.9. The molecule has 1 aromatic heterocycles. The summed E-state index contributed by atoms with van der Waals surface area (Å²) in [5.41, 5.74) is 7.78. The molecule has 3 aromatic carbocycles. The minimum Gasteiger partial charge on any atom is 0 e. The summed E-state index contributed by atoms with van der Waals surface area (Å²) in [6.45, 7) is 48.9. The molecule has 10 nitrogen and oxygen atoms in total. The van der Waals surface area contributed by atoms with Gasteiger partial charge in [-0.25, -0.2) is 0 Å². The van der Waals surface area contributed by atoms with Crippen LogP contribution in [0.4, 0.5) is 0 Å². The van der Waals surface area contributed by atoms with Gasteiger partial charge in [0.1, 0.15) is 0 Å². The molecule has 6 rings (SSSR count). The number of para-hydroxylation sites is 2. The van der Waals surface area contributed by atoms with Gasteiger partial charge in [-0.2, -0.15) is 0 Å². The third kappa shape index (κ3) is 19.5. The van der Waals surface area contributed by atoms with E-state index < -0.39 is 15.5 Å². The first-order valence-corrected chi connectivity index (χ1v) is 20.5. The monoisotopic (exact) mass is 880 g/mol. The fourth-order valence-corrected chi connectivity index (χ4v) is 6.61. The average Bonchev–Trinajstić information content (AvgIpc) is 3.99. The van der Waals surface area contributed by atoms with Crippen molar-refractivity contribution in [2.75, 3.05) is 26.4 Å². The first-order valence-electron chi connectivity index (χ1n) is 19.5. The molecular weight excluding hydrogens is 818 g/mol. The van der Waals surface area contributed by atoms with Gasteiger partial charge in [0.25, 0.3) is 0 Å². The molecule has 0 bridgehead atoms. The molecule has 1 radical (unpaired) electrons. The van der Waals surface area contributed by atoms with E-state index in [-0.39, 0.29) is 38.4 Å². The van der Waals surface area contributed by atoms with Gasteiger partial charge in [-0.3, -0.25) is 0 Å². The number of hydrogen-bond acceptors (Lipinski definition) is 6. The van der Waals surface area contributed by atoms with E-state index in [1.807, 2.05) is 36.7 Å². The minimum atomic E-state index is -0.860. The normalized spacial score (nSPS) is 12.9. The van der Waals surface area contributed by atoms with Crippen molar-refractivity contribution in [2.24, 2.45) is 0 Å². The molecular formula is C48H62AlCoN2O8+. The molecule has 0 amide bonds. The summed E-state index contributed by atoms with van der Waals surface area (Å²) < 4.78 is 53.2. The minimum absolute atomic E-state index is 0. The summed E-state index contributed by atoms with van der Waals surface area (Å²) in [6.07, 6.45) is 8.97. The van der Waals surface area contributed by atoms with Crippen LogP contribution in [0.15, 0.2) is 67.8 Å². The summed E-state index contributed by atoms with van der Waals surface area (Å²) >= 11 is -0.860. The zero-order valence-electron chi connectivity index (χ0n) is 37.5. The van der Waals surface area contributed by atoms with Gasteiger partial charge in [0.2, 0.25) is 0 Å². The molecule has 2 aliphatic rings. The van der Waals surface area contributed by atoms with Crippen molar-refractivity contribution < 1.29 is 51.8 Å². The van der Waals surface area contributed by atoms with Gasteiger partial charge in [-0.15, -0.1) is 0 Å². The van der Waals surface area contributed by atoms with E-state index in [1.54, 1.807) is 0 Å². The first kappa shape index (κ1) is 58.6. The predicted molar refractivity (Wildman–Crippen MR) is 231 cm³/mol. The maximum absolute atomic E-state index is 7.50. The van der Waals surface area contributed by atoms with Crippen LogP contribution in [-0.2, 0) is 66.5 Å². The summed E-state index contributed by atoms with van der Waals surface area (Å²) in [5.74, 6) is 0. The van der Waals surface area contributed by atoms with Crippen LogP contribution in [0.5, 0.6) is 0 Å². The van der Waals surface area contributed by atoms with Gasteiger partial charge in [0.05, 0.1) is 0 Å². The molecule has 3 heterocycles. The van der Waals surface area contributed by atoms with Gasteiger partial charge >= 0.3 is 298 Å². The molecule has 12 heteroatoms. The van der Waals surface area contributed by atoms with Gasteiger partial charge in [-0.05, 0) is 25.7 Å². The van der Waals surface area contributed by atoms with Crippen LogP contribution in [0.3, 0.4) is 0 Å². The second-order valence-corrected chi connectivity index (χ2v) is 18.5. The first-order chi connectivity index (χ1) is 27.9. The Morgan fingerprint density at radius 2 is 0.783 bits per heavy atom. The van der Waals surface area contributed by atoms with Crippen LogP contribution in [0.25, 0.3) is 33.0 Å². The van der Waals surface area contributed by atoms with Gasteiger partial charge in [0.15, 0.2) is 0 Å². The Bertz CT molecular complexity index is 1930. The second-order valence-electron chi connectivity index (χ2n) is 17.9. The Labute approximate surface area is 375 Å². The van der Waals surface area contributed by atoms with Crippen molar-refractivity contribution in [3.8, 4) is 0 Å². The maximum atomic E-state index is 7.50.